The number of esters is 2. The minimum atomic E-state index is -0.967. The summed E-state index contributed by atoms with van der Waals surface area (Å²) in [4.78, 5) is 32.7. The van der Waals surface area contributed by atoms with Crippen molar-refractivity contribution in [1.29, 1.82) is 5.26 Å². The number of aliphatic imine (C=N–C) groups is 1. The Bertz CT molecular complexity index is 1720. The highest BCUT2D eigenvalue weighted by Crippen LogP contribution is 2.41. The summed E-state index contributed by atoms with van der Waals surface area (Å²) in [6, 6.07) is 29.1. The monoisotopic (exact) mass is 728 g/mol. The highest BCUT2D eigenvalue weighted by atomic mass is 35.5. The zero-order chi connectivity index (χ0) is 36.9. The second-order valence-corrected chi connectivity index (χ2v) is 13.5. The molecule has 2 aliphatic heterocycles. The average Bonchev–Trinajstić information content (AvgIpc) is 3.49. The number of hydrogen-bond acceptors (Lipinski definition) is 10. The smallest absolute Gasteiger partial charge is 0.336 e. The van der Waals surface area contributed by atoms with Gasteiger partial charge >= 0.3 is 11.9 Å². The Hall–Kier alpha value is -4.37. The number of carbonyl (C=O) groups excluding carboxylic acids is 2. The molecule has 52 heavy (non-hydrogen) atoms. The summed E-state index contributed by atoms with van der Waals surface area (Å²) in [7, 11) is 0. The van der Waals surface area contributed by atoms with Crippen LogP contribution >= 0.6 is 11.6 Å². The van der Waals surface area contributed by atoms with E-state index in [-0.39, 0.29) is 57.1 Å². The van der Waals surface area contributed by atoms with E-state index >= 15 is 0 Å². The van der Waals surface area contributed by atoms with E-state index in [9.17, 15) is 9.59 Å². The molecule has 0 aliphatic carbocycles. The fraction of sp³-hybridized carbons (Fsp3) is 0.415. The molecule has 2 heterocycles. The quantitative estimate of drug-likeness (QED) is 0.105. The largest absolute Gasteiger partial charge is 0.464 e. The van der Waals surface area contributed by atoms with Crippen molar-refractivity contribution >= 4 is 29.3 Å². The maximum atomic E-state index is 14.3. The molecule has 3 unspecified atom stereocenters. The normalized spacial score (nSPS) is 19.6. The SMILES string of the molecule is CC1=NC(COCCOCC2COC(C)(C)O2)=C(C(=O)OCCC(c2ccccc2)c2ccccc2)C(c2cccc(Cl)c2)C1C(=O)OCCC#N. The predicted octanol–water partition coefficient (Wildman–Crippen LogP) is 7.18. The topological polar surface area (TPSA) is 126 Å². The molecule has 274 valence electrons. The Morgan fingerprint density at radius 1 is 0.942 bits per heavy atom. The summed E-state index contributed by atoms with van der Waals surface area (Å²) in [5, 5.41) is 9.48. The van der Waals surface area contributed by atoms with Gasteiger partial charge in [0.1, 0.15) is 18.6 Å². The first-order valence-corrected chi connectivity index (χ1v) is 17.9. The Kier molecular flexibility index (Phi) is 14.1. The Morgan fingerprint density at radius 3 is 2.27 bits per heavy atom. The molecular formula is C41H45ClN2O8. The van der Waals surface area contributed by atoms with E-state index < -0.39 is 29.6 Å². The first-order chi connectivity index (χ1) is 25.2. The van der Waals surface area contributed by atoms with Crippen LogP contribution in [0.25, 0.3) is 0 Å². The summed E-state index contributed by atoms with van der Waals surface area (Å²) in [5.41, 5.74) is 3.78. The zero-order valence-electron chi connectivity index (χ0n) is 29.8. The molecule has 3 aromatic carbocycles. The van der Waals surface area contributed by atoms with Gasteiger partial charge in [-0.2, -0.15) is 5.26 Å². The molecule has 11 heteroatoms. The third-order valence-corrected chi connectivity index (χ3v) is 9.12. The molecule has 0 amide bonds. The first-order valence-electron chi connectivity index (χ1n) is 17.5. The van der Waals surface area contributed by atoms with Crippen LogP contribution in [0.5, 0.6) is 0 Å². The lowest BCUT2D eigenvalue weighted by Crippen LogP contribution is -2.37. The maximum absolute atomic E-state index is 14.3. The van der Waals surface area contributed by atoms with Gasteiger partial charge in [-0.15, -0.1) is 0 Å². The van der Waals surface area contributed by atoms with Crippen LogP contribution in [0.2, 0.25) is 5.02 Å². The highest BCUT2D eigenvalue weighted by Gasteiger charge is 2.43. The Labute approximate surface area is 310 Å². The van der Waals surface area contributed by atoms with Crippen molar-refractivity contribution in [3.63, 3.8) is 0 Å². The lowest BCUT2D eigenvalue weighted by molar-refractivity contribution is -0.147. The van der Waals surface area contributed by atoms with Gasteiger partial charge in [-0.25, -0.2) is 4.79 Å². The number of rotatable bonds is 17. The predicted molar refractivity (Wildman–Crippen MR) is 196 cm³/mol. The van der Waals surface area contributed by atoms with Crippen molar-refractivity contribution in [3.8, 4) is 6.07 Å². The second-order valence-electron chi connectivity index (χ2n) is 13.1. The van der Waals surface area contributed by atoms with E-state index in [0.29, 0.717) is 41.6 Å². The number of benzene rings is 3. The second kappa shape index (κ2) is 18.9. The van der Waals surface area contributed by atoms with Gasteiger partial charge in [-0.1, -0.05) is 84.4 Å². The molecule has 2 aliphatic rings. The zero-order valence-corrected chi connectivity index (χ0v) is 30.6. The van der Waals surface area contributed by atoms with Gasteiger partial charge in [0.25, 0.3) is 0 Å². The molecule has 0 spiro atoms. The molecule has 1 fully saturated rings. The number of nitriles is 1. The standard InChI is InChI=1S/C41H45ClN2O8/c1-28-36(39(45)49-20-11-19-43)37(31-16-10-17-32(42)24-31)38(35(44-28)27-48-23-22-47-25-33-26-51-41(2,3)52-33)40(46)50-21-18-34(29-12-6-4-7-13-29)30-14-8-5-9-15-30/h4-10,12-17,24,33-34,36-37H,11,18,20-23,25-27H2,1-3H3. The van der Waals surface area contributed by atoms with Crippen LogP contribution < -0.4 is 0 Å². The Morgan fingerprint density at radius 2 is 1.63 bits per heavy atom. The average molecular weight is 729 g/mol. The van der Waals surface area contributed by atoms with Gasteiger partial charge in [0.05, 0.1) is 63.4 Å². The number of nitrogens with zero attached hydrogens (tertiary/aromatic N) is 2. The van der Waals surface area contributed by atoms with Crippen LogP contribution in [0.3, 0.4) is 0 Å². The minimum absolute atomic E-state index is 0.0162. The van der Waals surface area contributed by atoms with E-state index in [1.54, 1.807) is 31.2 Å². The molecule has 5 rings (SSSR count). The van der Waals surface area contributed by atoms with Crippen LogP contribution in [0.15, 0.2) is 101 Å². The third kappa shape index (κ3) is 10.6. The minimum Gasteiger partial charge on any atom is -0.464 e. The first kappa shape index (κ1) is 38.9. The van der Waals surface area contributed by atoms with Gasteiger partial charge in [0.2, 0.25) is 0 Å². The van der Waals surface area contributed by atoms with Crippen LogP contribution in [-0.4, -0.2) is 75.8 Å². The van der Waals surface area contributed by atoms with Gasteiger partial charge in [0, 0.05) is 22.6 Å². The van der Waals surface area contributed by atoms with Crippen molar-refractivity contribution in [2.24, 2.45) is 10.9 Å². The molecule has 1 saturated heterocycles. The van der Waals surface area contributed by atoms with Gasteiger partial charge in [0.15, 0.2) is 5.79 Å². The fourth-order valence-corrected chi connectivity index (χ4v) is 6.73. The van der Waals surface area contributed by atoms with E-state index in [0.717, 1.165) is 11.1 Å². The van der Waals surface area contributed by atoms with E-state index in [4.69, 9.17) is 50.3 Å². The Balaban J connectivity index is 1.38. The third-order valence-electron chi connectivity index (χ3n) is 8.88. The molecular weight excluding hydrogens is 684 g/mol. The van der Waals surface area contributed by atoms with Crippen molar-refractivity contribution in [2.45, 2.75) is 57.3 Å². The lowest BCUT2D eigenvalue weighted by Gasteiger charge is -2.32. The van der Waals surface area contributed by atoms with Crippen molar-refractivity contribution in [1.82, 2.24) is 0 Å². The number of hydrogen-bond donors (Lipinski definition) is 0. The summed E-state index contributed by atoms with van der Waals surface area (Å²) in [6.45, 7) is 6.71. The number of carbonyl (C=O) groups is 2. The number of halogens is 1. The van der Waals surface area contributed by atoms with Gasteiger partial charge in [-0.3, -0.25) is 9.79 Å². The van der Waals surface area contributed by atoms with Crippen LogP contribution in [0, 0.1) is 17.2 Å². The molecule has 0 saturated carbocycles. The number of ether oxygens (including phenoxy) is 6. The van der Waals surface area contributed by atoms with Crippen molar-refractivity contribution in [3.05, 3.63) is 118 Å². The maximum Gasteiger partial charge on any atom is 0.336 e. The van der Waals surface area contributed by atoms with Crippen molar-refractivity contribution in [2.75, 3.05) is 46.2 Å². The van der Waals surface area contributed by atoms with Crippen LogP contribution in [-0.2, 0) is 38.0 Å². The van der Waals surface area contributed by atoms with E-state index in [1.165, 1.54) is 0 Å². The summed E-state index contributed by atoms with van der Waals surface area (Å²) < 4.78 is 34.7. The lowest BCUT2D eigenvalue weighted by atomic mass is 9.75. The summed E-state index contributed by atoms with van der Waals surface area (Å²) in [6.07, 6.45) is 0.382. The molecule has 0 aromatic heterocycles. The van der Waals surface area contributed by atoms with Crippen LogP contribution in [0.4, 0.5) is 0 Å². The molecule has 3 aromatic rings. The van der Waals surface area contributed by atoms with Gasteiger partial charge in [-0.05, 0) is 56.0 Å². The fourth-order valence-electron chi connectivity index (χ4n) is 6.53. The molecule has 0 radical (unpaired) electrons. The molecule has 0 N–H and O–H groups in total. The molecule has 0 bridgehead atoms. The van der Waals surface area contributed by atoms with E-state index in [1.807, 2.05) is 56.3 Å². The van der Waals surface area contributed by atoms with E-state index in [2.05, 4.69) is 24.3 Å². The summed E-state index contributed by atoms with van der Waals surface area (Å²) in [5.74, 6) is -3.68. The molecule has 3 atom stereocenters. The molecule has 10 nitrogen and oxygen atoms in total. The van der Waals surface area contributed by atoms with Crippen LogP contribution in [0.1, 0.15) is 62.1 Å². The van der Waals surface area contributed by atoms with Crippen molar-refractivity contribution < 1.29 is 38.0 Å². The highest BCUT2D eigenvalue weighted by molar-refractivity contribution is 6.30. The van der Waals surface area contributed by atoms with Gasteiger partial charge < -0.3 is 28.4 Å². The summed E-state index contributed by atoms with van der Waals surface area (Å²) >= 11 is 6.45.